The van der Waals surface area contributed by atoms with E-state index < -0.39 is 5.91 Å². The molecule has 0 radical (unpaired) electrons. The standard InChI is InChI=1S/C18H14N4O2S/c1-10-7-15(12-5-3-4-6-14(12)20-10)21-16(23)13-8-19-18-22(17(13)24)11(2)9-25-18/h3-9H,1-2H3,(H,20,21,23). The Balaban J connectivity index is 1.80. The summed E-state index contributed by atoms with van der Waals surface area (Å²) < 4.78 is 1.45. The van der Waals surface area contributed by atoms with Crippen LogP contribution in [-0.4, -0.2) is 20.3 Å². The van der Waals surface area contributed by atoms with Gasteiger partial charge in [-0.05, 0) is 26.0 Å². The van der Waals surface area contributed by atoms with E-state index in [0.717, 1.165) is 22.3 Å². The zero-order valence-corrected chi connectivity index (χ0v) is 14.4. The Morgan fingerprint density at radius 2 is 2.04 bits per heavy atom. The van der Waals surface area contributed by atoms with E-state index in [-0.39, 0.29) is 11.1 Å². The van der Waals surface area contributed by atoms with Gasteiger partial charge in [-0.15, -0.1) is 11.3 Å². The van der Waals surface area contributed by atoms with Crippen LogP contribution in [0.1, 0.15) is 21.7 Å². The number of carbonyl (C=O) groups is 1. The van der Waals surface area contributed by atoms with Crippen molar-refractivity contribution >= 4 is 38.8 Å². The quantitative estimate of drug-likeness (QED) is 0.602. The molecular weight excluding hydrogens is 336 g/mol. The second-order valence-electron chi connectivity index (χ2n) is 5.75. The lowest BCUT2D eigenvalue weighted by atomic mass is 10.1. The molecule has 0 fully saturated rings. The van der Waals surface area contributed by atoms with Crippen LogP contribution >= 0.6 is 11.3 Å². The SMILES string of the molecule is Cc1cc(NC(=O)c2cnc3scc(C)n3c2=O)c2ccccc2n1. The van der Waals surface area contributed by atoms with Crippen LogP contribution in [0.5, 0.6) is 0 Å². The highest BCUT2D eigenvalue weighted by molar-refractivity contribution is 7.15. The van der Waals surface area contributed by atoms with Crippen molar-refractivity contribution in [1.29, 1.82) is 0 Å². The summed E-state index contributed by atoms with van der Waals surface area (Å²) in [4.78, 5) is 34.6. The lowest BCUT2D eigenvalue weighted by Crippen LogP contribution is -2.26. The minimum absolute atomic E-state index is 0.0116. The van der Waals surface area contributed by atoms with Gasteiger partial charge in [-0.3, -0.25) is 19.0 Å². The lowest BCUT2D eigenvalue weighted by Gasteiger charge is -2.09. The molecule has 1 aromatic carbocycles. The molecule has 3 aromatic heterocycles. The van der Waals surface area contributed by atoms with Crippen LogP contribution in [0, 0.1) is 13.8 Å². The van der Waals surface area contributed by atoms with Gasteiger partial charge in [-0.25, -0.2) is 4.98 Å². The van der Waals surface area contributed by atoms with Gasteiger partial charge in [-0.2, -0.15) is 0 Å². The molecule has 0 aliphatic heterocycles. The van der Waals surface area contributed by atoms with Gasteiger partial charge in [0.15, 0.2) is 4.96 Å². The minimum atomic E-state index is -0.478. The van der Waals surface area contributed by atoms with Gasteiger partial charge in [0, 0.05) is 28.4 Å². The molecule has 0 unspecified atom stereocenters. The van der Waals surface area contributed by atoms with Crippen molar-refractivity contribution in [2.45, 2.75) is 13.8 Å². The van der Waals surface area contributed by atoms with Crippen LogP contribution in [0.2, 0.25) is 0 Å². The maximum absolute atomic E-state index is 12.7. The number of hydrogen-bond donors (Lipinski definition) is 1. The van der Waals surface area contributed by atoms with Crippen molar-refractivity contribution in [2.24, 2.45) is 0 Å². The molecule has 0 saturated carbocycles. The zero-order chi connectivity index (χ0) is 17.6. The van der Waals surface area contributed by atoms with E-state index in [1.54, 1.807) is 6.07 Å². The molecule has 7 heteroatoms. The molecule has 0 saturated heterocycles. The van der Waals surface area contributed by atoms with Crippen molar-refractivity contribution < 1.29 is 4.79 Å². The smallest absolute Gasteiger partial charge is 0.271 e. The Morgan fingerprint density at radius 1 is 1.24 bits per heavy atom. The molecule has 4 rings (SSSR count). The molecule has 6 nitrogen and oxygen atoms in total. The van der Waals surface area contributed by atoms with E-state index in [2.05, 4.69) is 15.3 Å². The molecule has 0 aliphatic carbocycles. The Morgan fingerprint density at radius 3 is 2.88 bits per heavy atom. The highest BCUT2D eigenvalue weighted by Gasteiger charge is 2.16. The third kappa shape index (κ3) is 2.58. The Bertz CT molecular complexity index is 1190. The molecule has 124 valence electrons. The lowest BCUT2D eigenvalue weighted by molar-refractivity contribution is 0.102. The maximum atomic E-state index is 12.7. The fraction of sp³-hybridized carbons (Fsp3) is 0.111. The Kier molecular flexibility index (Phi) is 3.58. The van der Waals surface area contributed by atoms with Crippen LogP contribution in [0.25, 0.3) is 15.9 Å². The van der Waals surface area contributed by atoms with Gasteiger partial charge < -0.3 is 5.32 Å². The molecule has 0 spiro atoms. The van der Waals surface area contributed by atoms with Crippen LogP contribution in [0.15, 0.2) is 46.7 Å². The molecule has 1 amide bonds. The molecular formula is C18H14N4O2S. The van der Waals surface area contributed by atoms with Crippen molar-refractivity contribution in [3.8, 4) is 0 Å². The summed E-state index contributed by atoms with van der Waals surface area (Å²) in [5.41, 5.74) is 2.61. The van der Waals surface area contributed by atoms with Crippen molar-refractivity contribution in [3.63, 3.8) is 0 Å². The number of aromatic nitrogens is 3. The first-order valence-corrected chi connectivity index (χ1v) is 8.56. The number of amides is 1. The summed E-state index contributed by atoms with van der Waals surface area (Å²) in [6.45, 7) is 3.67. The molecule has 0 bridgehead atoms. The second kappa shape index (κ2) is 5.78. The molecule has 0 atom stereocenters. The number of nitrogens with zero attached hydrogens (tertiary/aromatic N) is 3. The fourth-order valence-corrected chi connectivity index (χ4v) is 3.61. The predicted molar refractivity (Wildman–Crippen MR) is 98.5 cm³/mol. The summed E-state index contributed by atoms with van der Waals surface area (Å²) >= 11 is 1.37. The Hall–Kier alpha value is -3.06. The number of fused-ring (bicyclic) bond motifs is 2. The molecule has 4 aromatic rings. The minimum Gasteiger partial charge on any atom is -0.321 e. The first-order valence-electron chi connectivity index (χ1n) is 7.68. The zero-order valence-electron chi connectivity index (χ0n) is 13.6. The number of hydrogen-bond acceptors (Lipinski definition) is 5. The number of nitrogens with one attached hydrogen (secondary N) is 1. The van der Waals surface area contributed by atoms with Gasteiger partial charge in [0.1, 0.15) is 5.56 Å². The highest BCUT2D eigenvalue weighted by Crippen LogP contribution is 2.23. The second-order valence-corrected chi connectivity index (χ2v) is 6.59. The molecule has 1 N–H and O–H groups in total. The Labute approximate surface area is 146 Å². The van der Waals surface area contributed by atoms with Gasteiger partial charge in [-0.1, -0.05) is 18.2 Å². The van der Waals surface area contributed by atoms with E-state index in [9.17, 15) is 9.59 Å². The average Bonchev–Trinajstić information content (AvgIpc) is 2.97. The monoisotopic (exact) mass is 350 g/mol. The van der Waals surface area contributed by atoms with Gasteiger partial charge >= 0.3 is 0 Å². The van der Waals surface area contributed by atoms with Gasteiger partial charge in [0.25, 0.3) is 11.5 Å². The summed E-state index contributed by atoms with van der Waals surface area (Å²) in [6.07, 6.45) is 1.33. The number of thiazole rings is 1. The van der Waals surface area contributed by atoms with Crippen molar-refractivity contribution in [1.82, 2.24) is 14.4 Å². The molecule has 3 heterocycles. The normalized spacial score (nSPS) is 11.1. The van der Waals surface area contributed by atoms with Crippen LogP contribution in [0.3, 0.4) is 0 Å². The first kappa shape index (κ1) is 15.5. The summed E-state index contributed by atoms with van der Waals surface area (Å²) in [5, 5.41) is 5.49. The number of para-hydroxylation sites is 1. The first-order chi connectivity index (χ1) is 12.0. The van der Waals surface area contributed by atoms with Crippen molar-refractivity contribution in [3.05, 3.63) is 69.2 Å². The number of carbonyl (C=O) groups excluding carboxylic acids is 1. The predicted octanol–water partition coefficient (Wildman–Crippen LogP) is 3.17. The number of pyridine rings is 1. The van der Waals surface area contributed by atoms with Gasteiger partial charge in [0.05, 0.1) is 11.2 Å². The third-order valence-corrected chi connectivity index (χ3v) is 4.91. The van der Waals surface area contributed by atoms with Crippen LogP contribution < -0.4 is 10.9 Å². The van der Waals surface area contributed by atoms with Gasteiger partial charge in [0.2, 0.25) is 0 Å². The van der Waals surface area contributed by atoms with E-state index in [0.29, 0.717) is 10.6 Å². The summed E-state index contributed by atoms with van der Waals surface area (Å²) in [5.74, 6) is -0.478. The number of anilines is 1. The number of benzene rings is 1. The average molecular weight is 350 g/mol. The van der Waals surface area contributed by atoms with E-state index >= 15 is 0 Å². The van der Waals surface area contributed by atoms with E-state index in [1.807, 2.05) is 43.5 Å². The third-order valence-electron chi connectivity index (χ3n) is 3.95. The number of aryl methyl sites for hydroxylation is 2. The summed E-state index contributed by atoms with van der Waals surface area (Å²) in [7, 11) is 0. The largest absolute Gasteiger partial charge is 0.321 e. The molecule has 0 aliphatic rings. The number of rotatable bonds is 2. The maximum Gasteiger partial charge on any atom is 0.271 e. The highest BCUT2D eigenvalue weighted by atomic mass is 32.1. The van der Waals surface area contributed by atoms with E-state index in [1.165, 1.54) is 21.9 Å². The van der Waals surface area contributed by atoms with E-state index in [4.69, 9.17) is 0 Å². The molecule has 25 heavy (non-hydrogen) atoms. The topological polar surface area (TPSA) is 76.4 Å². The van der Waals surface area contributed by atoms with Crippen LogP contribution in [0.4, 0.5) is 5.69 Å². The summed E-state index contributed by atoms with van der Waals surface area (Å²) in [6, 6.07) is 9.33. The van der Waals surface area contributed by atoms with Crippen molar-refractivity contribution in [2.75, 3.05) is 5.32 Å². The fourth-order valence-electron chi connectivity index (χ4n) is 2.78. The van der Waals surface area contributed by atoms with Crippen LogP contribution in [-0.2, 0) is 0 Å².